The van der Waals surface area contributed by atoms with Crippen molar-refractivity contribution >= 4 is 22.6 Å². The van der Waals surface area contributed by atoms with Crippen LogP contribution in [0.15, 0.2) is 59.6 Å². The van der Waals surface area contributed by atoms with Crippen LogP contribution < -0.4 is 5.32 Å². The average Bonchev–Trinajstić information content (AvgIpc) is 2.52. The van der Waals surface area contributed by atoms with Crippen molar-refractivity contribution in [2.75, 3.05) is 11.1 Å². The molecule has 0 spiro atoms. The minimum Gasteiger partial charge on any atom is -0.334 e. The number of thioether (sulfide) groups is 1. The Morgan fingerprint density at radius 1 is 1.00 bits per heavy atom. The zero-order valence-electron chi connectivity index (χ0n) is 12.4. The lowest BCUT2D eigenvalue weighted by molar-refractivity contribution is 0.537. The highest BCUT2D eigenvalue weighted by Crippen LogP contribution is 2.30. The van der Waals surface area contributed by atoms with Crippen LogP contribution in [0.4, 0.5) is 5.69 Å². The lowest BCUT2D eigenvalue weighted by Gasteiger charge is -2.24. The summed E-state index contributed by atoms with van der Waals surface area (Å²) in [5.74, 6) is 1.77. The normalized spacial score (nSPS) is 21.7. The first-order valence-electron chi connectivity index (χ1n) is 7.36. The molecule has 3 rings (SSSR count). The molecule has 2 aromatic rings. The fourth-order valence-electron chi connectivity index (χ4n) is 2.34. The molecule has 21 heavy (non-hydrogen) atoms. The third-order valence-electron chi connectivity index (χ3n) is 3.88. The fourth-order valence-corrected chi connectivity index (χ4v) is 3.47. The van der Waals surface area contributed by atoms with Crippen molar-refractivity contribution in [1.29, 1.82) is 0 Å². The van der Waals surface area contributed by atoms with Crippen molar-refractivity contribution < 1.29 is 0 Å². The van der Waals surface area contributed by atoms with Crippen LogP contribution in [0.5, 0.6) is 0 Å². The second-order valence-electron chi connectivity index (χ2n) is 5.50. The van der Waals surface area contributed by atoms with Gasteiger partial charge in [0, 0.05) is 17.0 Å². The van der Waals surface area contributed by atoms with E-state index >= 15 is 0 Å². The van der Waals surface area contributed by atoms with E-state index in [1.54, 1.807) is 0 Å². The maximum atomic E-state index is 4.76. The predicted octanol–water partition coefficient (Wildman–Crippen LogP) is 4.89. The van der Waals surface area contributed by atoms with E-state index in [-0.39, 0.29) is 0 Å². The number of para-hydroxylation sites is 1. The van der Waals surface area contributed by atoms with E-state index in [0.29, 0.717) is 12.0 Å². The van der Waals surface area contributed by atoms with E-state index in [0.717, 1.165) is 16.6 Å². The SMILES string of the molecule is CC1CSC(Nc2ccccc2-c2ccccc2)=NC1C. The molecule has 1 N–H and O–H groups in total. The molecule has 108 valence electrons. The van der Waals surface area contributed by atoms with E-state index in [9.17, 15) is 0 Å². The maximum absolute atomic E-state index is 4.76. The Morgan fingerprint density at radius 3 is 2.48 bits per heavy atom. The van der Waals surface area contributed by atoms with Crippen molar-refractivity contribution in [2.24, 2.45) is 10.9 Å². The number of benzene rings is 2. The summed E-state index contributed by atoms with van der Waals surface area (Å²) >= 11 is 1.81. The summed E-state index contributed by atoms with van der Waals surface area (Å²) in [5.41, 5.74) is 3.56. The smallest absolute Gasteiger partial charge is 0.161 e. The van der Waals surface area contributed by atoms with Crippen LogP contribution in [0, 0.1) is 5.92 Å². The molecule has 1 aliphatic rings. The van der Waals surface area contributed by atoms with Gasteiger partial charge < -0.3 is 5.32 Å². The van der Waals surface area contributed by atoms with Crippen LogP contribution in [0.1, 0.15) is 13.8 Å². The molecule has 3 heteroatoms. The van der Waals surface area contributed by atoms with Crippen molar-refractivity contribution in [1.82, 2.24) is 0 Å². The molecule has 0 fully saturated rings. The second kappa shape index (κ2) is 6.35. The third kappa shape index (κ3) is 3.30. The van der Waals surface area contributed by atoms with Gasteiger partial charge in [0.1, 0.15) is 0 Å². The Morgan fingerprint density at radius 2 is 1.71 bits per heavy atom. The molecule has 1 aliphatic heterocycles. The first-order valence-corrected chi connectivity index (χ1v) is 8.34. The van der Waals surface area contributed by atoms with Crippen LogP contribution in [-0.2, 0) is 0 Å². The van der Waals surface area contributed by atoms with Gasteiger partial charge in [-0.25, -0.2) is 0 Å². The molecule has 0 bridgehead atoms. The van der Waals surface area contributed by atoms with Gasteiger partial charge >= 0.3 is 0 Å². The summed E-state index contributed by atoms with van der Waals surface area (Å²) in [6.07, 6.45) is 0. The summed E-state index contributed by atoms with van der Waals surface area (Å²) in [6.45, 7) is 4.45. The number of amidine groups is 1. The Balaban J connectivity index is 1.89. The molecular weight excluding hydrogens is 276 g/mol. The molecule has 1 heterocycles. The number of hydrogen-bond acceptors (Lipinski definition) is 3. The first-order chi connectivity index (χ1) is 10.2. The number of aliphatic imine (C=N–C) groups is 1. The van der Waals surface area contributed by atoms with Crippen molar-refractivity contribution in [3.05, 3.63) is 54.6 Å². The van der Waals surface area contributed by atoms with Gasteiger partial charge in [-0.15, -0.1) is 0 Å². The molecule has 2 unspecified atom stereocenters. The fraction of sp³-hybridized carbons (Fsp3) is 0.278. The minimum atomic E-state index is 0.387. The van der Waals surface area contributed by atoms with Gasteiger partial charge in [-0.3, -0.25) is 4.99 Å². The summed E-state index contributed by atoms with van der Waals surface area (Å²) in [4.78, 5) is 4.76. The summed E-state index contributed by atoms with van der Waals surface area (Å²) in [5, 5.41) is 4.54. The van der Waals surface area contributed by atoms with Gasteiger partial charge in [0.25, 0.3) is 0 Å². The lowest BCUT2D eigenvalue weighted by atomic mass is 10.0. The molecule has 2 aromatic carbocycles. The van der Waals surface area contributed by atoms with Gasteiger partial charge in [-0.2, -0.15) is 0 Å². The zero-order valence-corrected chi connectivity index (χ0v) is 13.2. The summed E-state index contributed by atoms with van der Waals surface area (Å²) in [7, 11) is 0. The number of nitrogens with one attached hydrogen (secondary N) is 1. The van der Waals surface area contributed by atoms with Crippen LogP contribution in [0.3, 0.4) is 0 Å². The van der Waals surface area contributed by atoms with Crippen molar-refractivity contribution in [2.45, 2.75) is 19.9 Å². The van der Waals surface area contributed by atoms with Crippen molar-refractivity contribution in [3.63, 3.8) is 0 Å². The number of nitrogens with zero attached hydrogens (tertiary/aromatic N) is 1. The molecule has 0 amide bonds. The predicted molar refractivity (Wildman–Crippen MR) is 94.0 cm³/mol. The second-order valence-corrected chi connectivity index (χ2v) is 6.51. The number of rotatable bonds is 2. The quantitative estimate of drug-likeness (QED) is 0.853. The van der Waals surface area contributed by atoms with Crippen molar-refractivity contribution in [3.8, 4) is 11.1 Å². The highest BCUT2D eigenvalue weighted by molar-refractivity contribution is 8.14. The molecular formula is C18H20N2S. The van der Waals surface area contributed by atoms with E-state index < -0.39 is 0 Å². The number of anilines is 1. The lowest BCUT2D eigenvalue weighted by Crippen LogP contribution is -2.25. The summed E-state index contributed by atoms with van der Waals surface area (Å²) < 4.78 is 0. The maximum Gasteiger partial charge on any atom is 0.161 e. The van der Waals surface area contributed by atoms with E-state index in [1.165, 1.54) is 11.1 Å². The topological polar surface area (TPSA) is 24.4 Å². The first kappa shape index (κ1) is 14.2. The Kier molecular flexibility index (Phi) is 4.30. The molecule has 2 atom stereocenters. The van der Waals surface area contributed by atoms with Crippen LogP contribution in [-0.4, -0.2) is 17.0 Å². The van der Waals surface area contributed by atoms with Gasteiger partial charge in [-0.05, 0) is 24.5 Å². The Labute approximate surface area is 130 Å². The van der Waals surface area contributed by atoms with Gasteiger partial charge in [0.15, 0.2) is 5.17 Å². The molecule has 0 radical (unpaired) electrons. The minimum absolute atomic E-state index is 0.387. The van der Waals surface area contributed by atoms with E-state index in [4.69, 9.17) is 4.99 Å². The largest absolute Gasteiger partial charge is 0.334 e. The molecule has 0 saturated carbocycles. The number of hydrogen-bond donors (Lipinski definition) is 1. The van der Waals surface area contributed by atoms with Gasteiger partial charge in [-0.1, -0.05) is 67.2 Å². The van der Waals surface area contributed by atoms with Crippen LogP contribution in [0.2, 0.25) is 0 Å². The highest BCUT2D eigenvalue weighted by Gasteiger charge is 2.19. The van der Waals surface area contributed by atoms with Gasteiger partial charge in [0.05, 0.1) is 6.04 Å². The monoisotopic (exact) mass is 296 g/mol. The van der Waals surface area contributed by atoms with Gasteiger partial charge in [0.2, 0.25) is 0 Å². The van der Waals surface area contributed by atoms with E-state index in [2.05, 4.69) is 67.7 Å². The zero-order chi connectivity index (χ0) is 14.7. The van der Waals surface area contributed by atoms with Crippen LogP contribution >= 0.6 is 11.8 Å². The molecule has 0 aliphatic carbocycles. The highest BCUT2D eigenvalue weighted by atomic mass is 32.2. The Hall–Kier alpha value is -1.74. The molecule has 2 nitrogen and oxygen atoms in total. The average molecular weight is 296 g/mol. The van der Waals surface area contributed by atoms with E-state index in [1.807, 2.05) is 17.8 Å². The standard InChI is InChI=1S/C18H20N2S/c1-13-12-21-18(19-14(13)2)20-17-11-7-6-10-16(17)15-8-4-3-5-9-15/h3-11,13-14H,12H2,1-2H3,(H,19,20). The Bertz CT molecular complexity index is 637. The van der Waals surface area contributed by atoms with Crippen LogP contribution in [0.25, 0.3) is 11.1 Å². The molecule has 0 aromatic heterocycles. The molecule has 0 saturated heterocycles. The third-order valence-corrected chi connectivity index (χ3v) is 5.05. The summed E-state index contributed by atoms with van der Waals surface area (Å²) in [6, 6.07) is 19.3.